The number of piperidine rings is 2. The van der Waals surface area contributed by atoms with E-state index in [9.17, 15) is 27.2 Å². The molecular formula is C25H24Cl2F4N2O3. The summed E-state index contributed by atoms with van der Waals surface area (Å²) in [6, 6.07) is 9.28. The van der Waals surface area contributed by atoms with Crippen molar-refractivity contribution < 1.29 is 31.9 Å². The topological polar surface area (TPSA) is 58.6 Å². The SMILES string of the molecule is COC(C(=O)N1CCC2(CC1)CC(=O)NC[C@H]2c1ccc(F)cc1)(c1cc(Cl)cc(Cl)c1)C(F)(F)F. The van der Waals surface area contributed by atoms with Crippen LogP contribution in [0, 0.1) is 11.2 Å². The van der Waals surface area contributed by atoms with Gasteiger partial charge >= 0.3 is 6.18 Å². The van der Waals surface area contributed by atoms with Gasteiger partial charge in [-0.25, -0.2) is 4.39 Å². The van der Waals surface area contributed by atoms with E-state index in [1.165, 1.54) is 18.2 Å². The summed E-state index contributed by atoms with van der Waals surface area (Å²) in [5.41, 5.74) is -3.57. The van der Waals surface area contributed by atoms with Crippen LogP contribution in [-0.4, -0.2) is 49.6 Å². The molecule has 194 valence electrons. The number of alkyl halides is 3. The molecule has 0 aliphatic carbocycles. The fraction of sp³-hybridized carbons (Fsp3) is 0.440. The number of hydrogen-bond acceptors (Lipinski definition) is 3. The van der Waals surface area contributed by atoms with Gasteiger partial charge in [0.05, 0.1) is 0 Å². The highest BCUT2D eigenvalue weighted by Gasteiger charge is 2.64. The molecule has 1 N–H and O–H groups in total. The minimum atomic E-state index is -5.11. The molecule has 2 aliphatic rings. The van der Waals surface area contributed by atoms with Crippen molar-refractivity contribution in [1.82, 2.24) is 10.2 Å². The van der Waals surface area contributed by atoms with E-state index in [0.717, 1.165) is 29.7 Å². The maximum absolute atomic E-state index is 14.5. The largest absolute Gasteiger partial charge is 0.430 e. The van der Waals surface area contributed by atoms with E-state index in [1.54, 1.807) is 12.1 Å². The first-order chi connectivity index (χ1) is 16.9. The van der Waals surface area contributed by atoms with E-state index < -0.39 is 34.5 Å². The number of carbonyl (C=O) groups is 2. The third-order valence-corrected chi connectivity index (χ3v) is 7.79. The Morgan fingerprint density at radius 2 is 1.67 bits per heavy atom. The molecule has 11 heteroatoms. The number of nitrogens with zero attached hydrogens (tertiary/aromatic N) is 1. The van der Waals surface area contributed by atoms with Gasteiger partial charge in [-0.1, -0.05) is 35.3 Å². The van der Waals surface area contributed by atoms with Crippen LogP contribution in [0.4, 0.5) is 17.6 Å². The number of methoxy groups -OCH3 is 1. The van der Waals surface area contributed by atoms with Crippen molar-refractivity contribution >= 4 is 35.0 Å². The lowest BCUT2D eigenvalue weighted by Crippen LogP contribution is -2.60. The van der Waals surface area contributed by atoms with Crippen molar-refractivity contribution in [2.24, 2.45) is 5.41 Å². The van der Waals surface area contributed by atoms with Crippen LogP contribution in [0.1, 0.15) is 36.3 Å². The quantitative estimate of drug-likeness (QED) is 0.519. The molecular weight excluding hydrogens is 523 g/mol. The fourth-order valence-electron chi connectivity index (χ4n) is 5.49. The van der Waals surface area contributed by atoms with Crippen LogP contribution >= 0.6 is 23.2 Å². The summed E-state index contributed by atoms with van der Waals surface area (Å²) in [6.07, 6.45) is -4.36. The van der Waals surface area contributed by atoms with Gasteiger partial charge in [-0.3, -0.25) is 9.59 Å². The molecule has 2 atom stereocenters. The van der Waals surface area contributed by atoms with Gasteiger partial charge in [0.1, 0.15) is 5.82 Å². The highest BCUT2D eigenvalue weighted by Crippen LogP contribution is 2.50. The van der Waals surface area contributed by atoms with Gasteiger partial charge in [-0.15, -0.1) is 0 Å². The maximum atomic E-state index is 14.5. The van der Waals surface area contributed by atoms with Crippen LogP contribution < -0.4 is 5.32 Å². The Balaban J connectivity index is 1.64. The van der Waals surface area contributed by atoms with E-state index in [2.05, 4.69) is 5.32 Å². The molecule has 4 rings (SSSR count). The summed E-state index contributed by atoms with van der Waals surface area (Å²) in [7, 11) is 0.821. The van der Waals surface area contributed by atoms with Gasteiger partial charge in [0, 0.05) is 54.7 Å². The number of likely N-dealkylation sites (tertiary alicyclic amines) is 1. The fourth-order valence-corrected chi connectivity index (χ4v) is 6.02. The number of amides is 2. The second kappa shape index (κ2) is 9.84. The van der Waals surface area contributed by atoms with Gasteiger partial charge in [0.15, 0.2) is 0 Å². The molecule has 2 heterocycles. The lowest BCUT2D eigenvalue weighted by atomic mass is 9.62. The van der Waals surface area contributed by atoms with Gasteiger partial charge in [-0.2, -0.15) is 13.2 Å². The summed E-state index contributed by atoms with van der Waals surface area (Å²) >= 11 is 11.9. The maximum Gasteiger partial charge on any atom is 0.430 e. The van der Waals surface area contributed by atoms with Crippen molar-refractivity contribution in [3.05, 3.63) is 69.5 Å². The average molecular weight is 547 g/mol. The lowest BCUT2D eigenvalue weighted by Gasteiger charge is -2.50. The van der Waals surface area contributed by atoms with Crippen LogP contribution in [0.15, 0.2) is 42.5 Å². The number of halogens is 6. The van der Waals surface area contributed by atoms with Gasteiger partial charge in [0.2, 0.25) is 5.91 Å². The van der Waals surface area contributed by atoms with Gasteiger partial charge in [-0.05, 0) is 54.2 Å². The number of nitrogens with one attached hydrogen (secondary N) is 1. The normalized spacial score (nSPS) is 21.7. The minimum Gasteiger partial charge on any atom is -0.356 e. The van der Waals surface area contributed by atoms with E-state index in [0.29, 0.717) is 19.4 Å². The monoisotopic (exact) mass is 546 g/mol. The molecule has 2 aliphatic heterocycles. The Labute approximate surface area is 215 Å². The van der Waals surface area contributed by atoms with Crippen LogP contribution in [0.3, 0.4) is 0 Å². The number of rotatable bonds is 4. The van der Waals surface area contributed by atoms with E-state index in [1.807, 2.05) is 0 Å². The molecule has 5 nitrogen and oxygen atoms in total. The smallest absolute Gasteiger partial charge is 0.356 e. The first-order valence-electron chi connectivity index (χ1n) is 11.3. The second-order valence-electron chi connectivity index (χ2n) is 9.28. The predicted octanol–water partition coefficient (Wildman–Crippen LogP) is 5.45. The standard InChI is InChI=1S/C25H24Cl2F4N2O3/c1-36-24(25(29,30)31,16-10-17(26)12-18(27)11-16)22(35)33-8-6-23(7-9-33)13-21(34)32-14-20(23)15-2-4-19(28)5-3-15/h2-5,10-12,20H,6-9,13-14H2,1H3,(H,32,34)/t20-,24?/m0/s1. The molecule has 1 unspecified atom stereocenters. The molecule has 0 saturated carbocycles. The second-order valence-corrected chi connectivity index (χ2v) is 10.2. The Morgan fingerprint density at radius 1 is 1.08 bits per heavy atom. The molecule has 2 saturated heterocycles. The van der Waals surface area contributed by atoms with E-state index in [-0.39, 0.29) is 41.4 Å². The zero-order chi connectivity index (χ0) is 26.3. The third kappa shape index (κ3) is 4.68. The molecule has 2 amide bonds. The third-order valence-electron chi connectivity index (χ3n) is 7.35. The summed E-state index contributed by atoms with van der Waals surface area (Å²) in [5, 5.41) is 2.70. The van der Waals surface area contributed by atoms with Crippen molar-refractivity contribution in [3.63, 3.8) is 0 Å². The summed E-state index contributed by atoms with van der Waals surface area (Å²) in [6.45, 7) is 0.294. The van der Waals surface area contributed by atoms with Crippen LogP contribution in [0.25, 0.3) is 0 Å². The number of benzene rings is 2. The molecule has 0 bridgehead atoms. The highest BCUT2D eigenvalue weighted by atomic mass is 35.5. The molecule has 0 radical (unpaired) electrons. The van der Waals surface area contributed by atoms with Crippen LogP contribution in [0.5, 0.6) is 0 Å². The highest BCUT2D eigenvalue weighted by molar-refractivity contribution is 6.34. The number of hydrogen-bond donors (Lipinski definition) is 1. The molecule has 2 fully saturated rings. The Bertz CT molecular complexity index is 1130. The molecule has 1 spiro atoms. The molecule has 2 aromatic rings. The molecule has 0 aromatic heterocycles. The molecule has 2 aromatic carbocycles. The summed E-state index contributed by atoms with van der Waals surface area (Å²) < 4.78 is 61.9. The summed E-state index contributed by atoms with van der Waals surface area (Å²) in [5.74, 6) is -2.00. The molecule has 36 heavy (non-hydrogen) atoms. The summed E-state index contributed by atoms with van der Waals surface area (Å²) in [4.78, 5) is 27.0. The van der Waals surface area contributed by atoms with Crippen molar-refractivity contribution in [2.45, 2.75) is 37.0 Å². The first kappa shape index (κ1) is 26.7. The zero-order valence-electron chi connectivity index (χ0n) is 19.3. The number of ether oxygens (including phenoxy) is 1. The lowest BCUT2D eigenvalue weighted by molar-refractivity contribution is -0.271. The van der Waals surface area contributed by atoms with Crippen molar-refractivity contribution in [3.8, 4) is 0 Å². The average Bonchev–Trinajstić information content (AvgIpc) is 2.80. The Morgan fingerprint density at radius 3 is 2.19 bits per heavy atom. The van der Waals surface area contributed by atoms with Crippen LogP contribution in [-0.2, 0) is 19.9 Å². The zero-order valence-corrected chi connectivity index (χ0v) is 20.8. The van der Waals surface area contributed by atoms with E-state index >= 15 is 0 Å². The van der Waals surface area contributed by atoms with E-state index in [4.69, 9.17) is 27.9 Å². The van der Waals surface area contributed by atoms with Crippen LogP contribution in [0.2, 0.25) is 10.0 Å². The minimum absolute atomic E-state index is 0.0146. The predicted molar refractivity (Wildman–Crippen MR) is 126 cm³/mol. The van der Waals surface area contributed by atoms with Gasteiger partial charge in [0.25, 0.3) is 11.5 Å². The number of carbonyl (C=O) groups excluding carboxylic acids is 2. The Kier molecular flexibility index (Phi) is 7.29. The van der Waals surface area contributed by atoms with Crippen molar-refractivity contribution in [1.29, 1.82) is 0 Å². The van der Waals surface area contributed by atoms with Crippen molar-refractivity contribution in [2.75, 3.05) is 26.7 Å². The van der Waals surface area contributed by atoms with Gasteiger partial charge < -0.3 is 15.0 Å². The first-order valence-corrected chi connectivity index (χ1v) is 12.1. The Hall–Kier alpha value is -2.36.